The van der Waals surface area contributed by atoms with Gasteiger partial charge in [-0.25, -0.2) is 0 Å². The molecule has 1 aliphatic rings. The van der Waals surface area contributed by atoms with Crippen LogP contribution in [0.25, 0.3) is 0 Å². The van der Waals surface area contributed by atoms with E-state index in [-0.39, 0.29) is 0 Å². The molecule has 0 atom stereocenters. The molecule has 0 saturated carbocycles. The first-order valence-corrected chi connectivity index (χ1v) is 6.68. The predicted molar refractivity (Wildman–Crippen MR) is 67.2 cm³/mol. The lowest BCUT2D eigenvalue weighted by molar-refractivity contribution is 0.179. The molecule has 0 amide bonds. The fourth-order valence-electron chi connectivity index (χ4n) is 2.20. The number of rotatable bonds is 6. The van der Waals surface area contributed by atoms with Crippen LogP contribution in [0, 0.1) is 5.92 Å². The van der Waals surface area contributed by atoms with Gasteiger partial charge in [-0.1, -0.05) is 27.2 Å². The Morgan fingerprint density at radius 1 is 1.27 bits per heavy atom. The average molecular weight is 212 g/mol. The summed E-state index contributed by atoms with van der Waals surface area (Å²) in [6, 6.07) is 0.642. The van der Waals surface area contributed by atoms with Gasteiger partial charge in [-0.3, -0.25) is 0 Å². The summed E-state index contributed by atoms with van der Waals surface area (Å²) in [5, 5.41) is 3.55. The van der Waals surface area contributed by atoms with Crippen molar-refractivity contribution in [3.8, 4) is 0 Å². The molecule has 0 aromatic heterocycles. The summed E-state index contributed by atoms with van der Waals surface area (Å²) < 4.78 is 0. The first-order chi connectivity index (χ1) is 7.22. The van der Waals surface area contributed by atoms with Gasteiger partial charge in [-0.15, -0.1) is 0 Å². The first-order valence-electron chi connectivity index (χ1n) is 6.68. The molecule has 2 nitrogen and oxygen atoms in total. The summed E-state index contributed by atoms with van der Waals surface area (Å²) in [6.45, 7) is 11.9. The van der Waals surface area contributed by atoms with E-state index in [2.05, 4.69) is 31.0 Å². The van der Waals surface area contributed by atoms with E-state index in [4.69, 9.17) is 0 Å². The minimum absolute atomic E-state index is 0.642. The number of nitrogens with one attached hydrogen (secondary N) is 1. The zero-order chi connectivity index (χ0) is 11.1. The number of hydrogen-bond acceptors (Lipinski definition) is 2. The van der Waals surface area contributed by atoms with Gasteiger partial charge in [0.25, 0.3) is 0 Å². The van der Waals surface area contributed by atoms with Gasteiger partial charge in [-0.2, -0.15) is 0 Å². The van der Waals surface area contributed by atoms with Crippen molar-refractivity contribution >= 4 is 0 Å². The van der Waals surface area contributed by atoms with E-state index < -0.39 is 0 Å². The van der Waals surface area contributed by atoms with E-state index in [0.717, 1.165) is 5.92 Å². The van der Waals surface area contributed by atoms with Crippen molar-refractivity contribution in [1.29, 1.82) is 0 Å². The van der Waals surface area contributed by atoms with Crippen molar-refractivity contribution in [2.45, 2.75) is 52.5 Å². The van der Waals surface area contributed by atoms with Gasteiger partial charge in [0, 0.05) is 6.04 Å². The molecule has 90 valence electrons. The molecule has 1 saturated heterocycles. The molecule has 0 bridgehead atoms. The minimum Gasteiger partial charge on any atom is -0.314 e. The molecule has 15 heavy (non-hydrogen) atoms. The van der Waals surface area contributed by atoms with E-state index in [1.165, 1.54) is 51.9 Å². The molecule has 0 spiro atoms. The van der Waals surface area contributed by atoms with Gasteiger partial charge in [0.15, 0.2) is 0 Å². The smallest absolute Gasteiger partial charge is 0.00104 e. The molecule has 1 fully saturated rings. The van der Waals surface area contributed by atoms with Crippen molar-refractivity contribution in [3.05, 3.63) is 0 Å². The summed E-state index contributed by atoms with van der Waals surface area (Å²) in [5.74, 6) is 0.922. The zero-order valence-electron chi connectivity index (χ0n) is 10.8. The molecule has 0 radical (unpaired) electrons. The van der Waals surface area contributed by atoms with Gasteiger partial charge in [-0.05, 0) is 51.4 Å². The lowest BCUT2D eigenvalue weighted by Crippen LogP contribution is -2.39. The topological polar surface area (TPSA) is 15.3 Å². The Kier molecular flexibility index (Phi) is 6.26. The summed E-state index contributed by atoms with van der Waals surface area (Å²) in [6.07, 6.45) is 5.48. The summed E-state index contributed by atoms with van der Waals surface area (Å²) in [7, 11) is 0. The van der Waals surface area contributed by atoms with Crippen LogP contribution in [0.3, 0.4) is 0 Å². The van der Waals surface area contributed by atoms with Crippen molar-refractivity contribution in [2.75, 3.05) is 26.2 Å². The minimum atomic E-state index is 0.642. The number of unbranched alkanes of at least 4 members (excludes halogenated alkanes) is 1. The zero-order valence-corrected chi connectivity index (χ0v) is 10.8. The monoisotopic (exact) mass is 212 g/mol. The molecule has 1 heterocycles. The van der Waals surface area contributed by atoms with Crippen LogP contribution >= 0.6 is 0 Å². The second-order valence-electron chi connectivity index (χ2n) is 5.20. The molecular weight excluding hydrogens is 184 g/mol. The predicted octanol–water partition coefficient (Wildman–Crippen LogP) is 2.50. The highest BCUT2D eigenvalue weighted by molar-refractivity contribution is 4.74. The summed E-state index contributed by atoms with van der Waals surface area (Å²) in [4.78, 5) is 2.63. The van der Waals surface area contributed by atoms with Crippen LogP contribution in [0.4, 0.5) is 0 Å². The summed E-state index contributed by atoms with van der Waals surface area (Å²) in [5.41, 5.74) is 0. The highest BCUT2D eigenvalue weighted by Gasteiger charge is 2.18. The Labute approximate surface area is 95.4 Å². The Morgan fingerprint density at radius 3 is 2.47 bits per heavy atom. The van der Waals surface area contributed by atoms with Gasteiger partial charge < -0.3 is 10.2 Å². The largest absolute Gasteiger partial charge is 0.314 e. The number of likely N-dealkylation sites (tertiary alicyclic amines) is 1. The van der Waals surface area contributed by atoms with Crippen LogP contribution in [0.1, 0.15) is 46.5 Å². The first kappa shape index (κ1) is 13.0. The second kappa shape index (κ2) is 7.24. The maximum absolute atomic E-state index is 3.55. The van der Waals surface area contributed by atoms with E-state index >= 15 is 0 Å². The van der Waals surface area contributed by atoms with E-state index in [0.29, 0.717) is 6.04 Å². The van der Waals surface area contributed by atoms with E-state index in [9.17, 15) is 0 Å². The fourth-order valence-corrected chi connectivity index (χ4v) is 2.20. The fraction of sp³-hybridized carbons (Fsp3) is 1.00. The lowest BCUT2D eigenvalue weighted by atomic mass is 9.96. The van der Waals surface area contributed by atoms with Gasteiger partial charge in [0.05, 0.1) is 0 Å². The Hall–Kier alpha value is -0.0800. The molecular formula is C13H28N2. The van der Waals surface area contributed by atoms with Crippen molar-refractivity contribution < 1.29 is 0 Å². The molecule has 1 N–H and O–H groups in total. The van der Waals surface area contributed by atoms with Crippen LogP contribution in [-0.4, -0.2) is 37.1 Å². The maximum atomic E-state index is 3.55. The third-order valence-corrected chi connectivity index (χ3v) is 3.35. The highest BCUT2D eigenvalue weighted by Crippen LogP contribution is 2.16. The van der Waals surface area contributed by atoms with Crippen molar-refractivity contribution in [3.63, 3.8) is 0 Å². The van der Waals surface area contributed by atoms with Crippen LogP contribution in [0.2, 0.25) is 0 Å². The number of hydrogen-bond donors (Lipinski definition) is 1. The third kappa shape index (κ3) is 5.53. The molecule has 1 aliphatic heterocycles. The molecule has 0 unspecified atom stereocenters. The quantitative estimate of drug-likeness (QED) is 0.728. The molecule has 2 heteroatoms. The van der Waals surface area contributed by atoms with Crippen LogP contribution in [0.5, 0.6) is 0 Å². The number of piperidine rings is 1. The Balaban J connectivity index is 2.07. The second-order valence-corrected chi connectivity index (χ2v) is 5.20. The van der Waals surface area contributed by atoms with Gasteiger partial charge in [0.2, 0.25) is 0 Å². The summed E-state index contributed by atoms with van der Waals surface area (Å²) >= 11 is 0. The Morgan fingerprint density at radius 2 is 1.93 bits per heavy atom. The van der Waals surface area contributed by atoms with Crippen LogP contribution in [-0.2, 0) is 0 Å². The normalized spacial score (nSPS) is 20.0. The maximum Gasteiger partial charge on any atom is 0.00104 e. The molecule has 0 aromatic carbocycles. The third-order valence-electron chi connectivity index (χ3n) is 3.35. The standard InChI is InChI=1S/C13H28N2/c1-4-5-8-15-9-6-13(7-10-15)11-14-12(2)3/h12-14H,4-11H2,1-3H3. The molecule has 1 rings (SSSR count). The van der Waals surface area contributed by atoms with Crippen molar-refractivity contribution in [1.82, 2.24) is 10.2 Å². The van der Waals surface area contributed by atoms with Crippen LogP contribution < -0.4 is 5.32 Å². The highest BCUT2D eigenvalue weighted by atomic mass is 15.1. The van der Waals surface area contributed by atoms with E-state index in [1.54, 1.807) is 0 Å². The van der Waals surface area contributed by atoms with Gasteiger partial charge >= 0.3 is 0 Å². The molecule has 0 aliphatic carbocycles. The van der Waals surface area contributed by atoms with Crippen molar-refractivity contribution in [2.24, 2.45) is 5.92 Å². The lowest BCUT2D eigenvalue weighted by Gasteiger charge is -2.32. The average Bonchev–Trinajstić information content (AvgIpc) is 2.25. The number of nitrogens with zero attached hydrogens (tertiary/aromatic N) is 1. The SMILES string of the molecule is CCCCN1CCC(CNC(C)C)CC1. The Bertz CT molecular complexity index is 149. The van der Waals surface area contributed by atoms with Crippen LogP contribution in [0.15, 0.2) is 0 Å². The van der Waals surface area contributed by atoms with E-state index in [1.807, 2.05) is 0 Å². The molecule has 0 aromatic rings. The van der Waals surface area contributed by atoms with Gasteiger partial charge in [0.1, 0.15) is 0 Å².